The highest BCUT2D eigenvalue weighted by atomic mass is 16.5. The lowest BCUT2D eigenvalue weighted by Gasteiger charge is -2.24. The molecule has 3 aromatic carbocycles. The van der Waals surface area contributed by atoms with E-state index in [4.69, 9.17) is 4.74 Å². The maximum Gasteiger partial charge on any atom is 0.339 e. The molecule has 6 heteroatoms. The van der Waals surface area contributed by atoms with Crippen molar-refractivity contribution in [2.75, 3.05) is 6.61 Å². The molecular weight excluding hydrogens is 418 g/mol. The van der Waals surface area contributed by atoms with Gasteiger partial charge in [0.05, 0.1) is 18.8 Å². The zero-order valence-corrected chi connectivity index (χ0v) is 18.6. The number of hydrogen-bond donors (Lipinski definition) is 1. The Morgan fingerprint density at radius 3 is 2.30 bits per heavy atom. The van der Waals surface area contributed by atoms with Gasteiger partial charge in [-0.25, -0.2) is 4.79 Å². The summed E-state index contributed by atoms with van der Waals surface area (Å²) in [6, 6.07) is 22.6. The number of ether oxygens (including phenoxy) is 1. The maximum absolute atomic E-state index is 13.6. The van der Waals surface area contributed by atoms with Crippen molar-refractivity contribution in [3.8, 4) is 0 Å². The highest BCUT2D eigenvalue weighted by Gasteiger charge is 2.55. The second-order valence-electron chi connectivity index (χ2n) is 8.12. The van der Waals surface area contributed by atoms with E-state index in [1.165, 1.54) is 11.8 Å². The van der Waals surface area contributed by atoms with Crippen LogP contribution in [-0.2, 0) is 25.7 Å². The molecule has 33 heavy (non-hydrogen) atoms. The Hall–Kier alpha value is -3.77. The van der Waals surface area contributed by atoms with Crippen LogP contribution in [0.1, 0.15) is 31.4 Å². The van der Waals surface area contributed by atoms with Crippen molar-refractivity contribution in [2.24, 2.45) is 0 Å². The molecule has 1 aliphatic rings. The number of rotatable bonds is 7. The molecule has 0 aliphatic carbocycles. The molecule has 1 N–H and O–H groups in total. The lowest BCUT2D eigenvalue weighted by atomic mass is 9.88. The summed E-state index contributed by atoms with van der Waals surface area (Å²) in [4.78, 5) is 40.1. The quantitative estimate of drug-likeness (QED) is 0.561. The van der Waals surface area contributed by atoms with Crippen LogP contribution in [0.2, 0.25) is 0 Å². The van der Waals surface area contributed by atoms with Gasteiger partial charge in [-0.3, -0.25) is 9.59 Å². The summed E-state index contributed by atoms with van der Waals surface area (Å²) < 4.78 is 5.24. The average Bonchev–Trinajstić information content (AvgIpc) is 3.00. The van der Waals surface area contributed by atoms with Crippen LogP contribution in [0.25, 0.3) is 16.5 Å². The standard InChI is InChI=1S/C27H25NO5/c1-3-33-25(30)23-24(22-14-13-20-11-7-8-12-21(20)15-22)28(17-19-9-5-4-6-10-19)26(31)27(23,32)16-18(2)29/h4-15,32H,3,16-17H2,1-2H3. The molecule has 1 heterocycles. The molecule has 3 aromatic rings. The van der Waals surface area contributed by atoms with E-state index in [1.807, 2.05) is 72.8 Å². The number of Topliss-reactive ketones (excluding diaryl/α,β-unsaturated/α-hetero) is 1. The smallest absolute Gasteiger partial charge is 0.339 e. The van der Waals surface area contributed by atoms with Crippen LogP contribution >= 0.6 is 0 Å². The van der Waals surface area contributed by atoms with Gasteiger partial charge in [0.25, 0.3) is 5.91 Å². The number of ketones is 1. The molecule has 1 aliphatic heterocycles. The Balaban J connectivity index is 1.96. The Bertz CT molecular complexity index is 1260. The van der Waals surface area contributed by atoms with Crippen LogP contribution in [-0.4, -0.2) is 39.9 Å². The Labute approximate surface area is 192 Å². The first-order valence-electron chi connectivity index (χ1n) is 10.8. The van der Waals surface area contributed by atoms with Crippen molar-refractivity contribution < 1.29 is 24.2 Å². The lowest BCUT2D eigenvalue weighted by Crippen LogP contribution is -2.45. The minimum Gasteiger partial charge on any atom is -0.462 e. The van der Waals surface area contributed by atoms with E-state index in [9.17, 15) is 19.5 Å². The van der Waals surface area contributed by atoms with Gasteiger partial charge in [-0.2, -0.15) is 0 Å². The first-order valence-corrected chi connectivity index (χ1v) is 10.8. The highest BCUT2D eigenvalue weighted by molar-refractivity contribution is 6.16. The summed E-state index contributed by atoms with van der Waals surface area (Å²) in [5.74, 6) is -1.94. The number of aliphatic hydroxyl groups is 1. The maximum atomic E-state index is 13.6. The summed E-state index contributed by atoms with van der Waals surface area (Å²) in [6.45, 7) is 3.13. The first kappa shape index (κ1) is 22.4. The molecule has 6 nitrogen and oxygen atoms in total. The van der Waals surface area contributed by atoms with Crippen molar-refractivity contribution in [1.29, 1.82) is 0 Å². The summed E-state index contributed by atoms with van der Waals surface area (Å²) in [5, 5.41) is 13.4. The number of benzene rings is 3. The van der Waals surface area contributed by atoms with Crippen LogP contribution in [0, 0.1) is 0 Å². The molecule has 0 radical (unpaired) electrons. The predicted octanol–water partition coefficient (Wildman–Crippen LogP) is 3.87. The summed E-state index contributed by atoms with van der Waals surface area (Å²) in [6.07, 6.45) is -0.512. The highest BCUT2D eigenvalue weighted by Crippen LogP contribution is 2.43. The molecule has 0 fully saturated rings. The third-order valence-electron chi connectivity index (χ3n) is 5.71. The molecule has 0 bridgehead atoms. The third kappa shape index (κ3) is 4.17. The summed E-state index contributed by atoms with van der Waals surface area (Å²) in [5.41, 5.74) is -0.832. The molecule has 1 atom stereocenters. The van der Waals surface area contributed by atoms with Crippen molar-refractivity contribution in [2.45, 2.75) is 32.4 Å². The zero-order valence-electron chi connectivity index (χ0n) is 18.6. The van der Waals surface area contributed by atoms with Gasteiger partial charge in [0.15, 0.2) is 5.60 Å². The molecule has 0 saturated carbocycles. The molecule has 1 amide bonds. The van der Waals surface area contributed by atoms with Crippen molar-refractivity contribution in [1.82, 2.24) is 4.90 Å². The Morgan fingerprint density at radius 2 is 1.64 bits per heavy atom. The average molecular weight is 443 g/mol. The van der Waals surface area contributed by atoms with Crippen LogP contribution in [0.3, 0.4) is 0 Å². The van der Waals surface area contributed by atoms with Gasteiger partial charge in [-0.1, -0.05) is 66.7 Å². The van der Waals surface area contributed by atoms with Gasteiger partial charge in [-0.05, 0) is 41.8 Å². The SMILES string of the molecule is CCOC(=O)C1=C(c2ccc3ccccc3c2)N(Cc2ccccc2)C(=O)C1(O)CC(C)=O. The van der Waals surface area contributed by atoms with E-state index < -0.39 is 29.7 Å². The Kier molecular flexibility index (Phi) is 6.11. The van der Waals surface area contributed by atoms with Crippen molar-refractivity contribution >= 4 is 34.1 Å². The molecule has 4 rings (SSSR count). The normalized spacial score (nSPS) is 18.2. The first-order chi connectivity index (χ1) is 15.8. The zero-order chi connectivity index (χ0) is 23.6. The summed E-state index contributed by atoms with van der Waals surface area (Å²) in [7, 11) is 0. The van der Waals surface area contributed by atoms with E-state index in [-0.39, 0.29) is 24.4 Å². The molecule has 0 saturated heterocycles. The largest absolute Gasteiger partial charge is 0.462 e. The van der Waals surface area contributed by atoms with Gasteiger partial charge in [0.2, 0.25) is 0 Å². The number of amides is 1. The number of carbonyl (C=O) groups excluding carboxylic acids is 3. The van der Waals surface area contributed by atoms with Crippen molar-refractivity contribution in [3.63, 3.8) is 0 Å². The minimum absolute atomic E-state index is 0.0658. The Morgan fingerprint density at radius 1 is 0.970 bits per heavy atom. The summed E-state index contributed by atoms with van der Waals surface area (Å²) >= 11 is 0. The minimum atomic E-state index is -2.30. The van der Waals surface area contributed by atoms with Crippen molar-refractivity contribution in [3.05, 3.63) is 89.5 Å². The topological polar surface area (TPSA) is 83.9 Å². The number of esters is 1. The van der Waals surface area contributed by atoms with Gasteiger partial charge >= 0.3 is 5.97 Å². The number of nitrogens with zero attached hydrogens (tertiary/aromatic N) is 1. The van der Waals surface area contributed by atoms with Crippen LogP contribution < -0.4 is 0 Å². The molecule has 0 aromatic heterocycles. The van der Waals surface area contributed by atoms with Crippen LogP contribution in [0.5, 0.6) is 0 Å². The number of hydrogen-bond acceptors (Lipinski definition) is 5. The van der Waals surface area contributed by atoms with E-state index >= 15 is 0 Å². The second kappa shape index (κ2) is 9.00. The molecule has 168 valence electrons. The van der Waals surface area contributed by atoms with E-state index in [1.54, 1.807) is 6.92 Å². The van der Waals surface area contributed by atoms with Gasteiger partial charge in [0, 0.05) is 6.42 Å². The second-order valence-corrected chi connectivity index (χ2v) is 8.12. The van der Waals surface area contributed by atoms with E-state index in [2.05, 4.69) is 0 Å². The lowest BCUT2D eigenvalue weighted by molar-refractivity contribution is -0.150. The van der Waals surface area contributed by atoms with Gasteiger partial charge < -0.3 is 14.7 Å². The van der Waals surface area contributed by atoms with Gasteiger partial charge in [-0.15, -0.1) is 0 Å². The number of fused-ring (bicyclic) bond motifs is 1. The molecule has 0 spiro atoms. The van der Waals surface area contributed by atoms with Gasteiger partial charge in [0.1, 0.15) is 11.4 Å². The fraction of sp³-hybridized carbons (Fsp3) is 0.222. The predicted molar refractivity (Wildman–Crippen MR) is 125 cm³/mol. The fourth-order valence-corrected chi connectivity index (χ4v) is 4.31. The molecule has 1 unspecified atom stereocenters. The third-order valence-corrected chi connectivity index (χ3v) is 5.71. The fourth-order valence-electron chi connectivity index (χ4n) is 4.31. The molecular formula is C27H25NO5. The van der Waals surface area contributed by atoms with Crippen LogP contribution in [0.4, 0.5) is 0 Å². The van der Waals surface area contributed by atoms with E-state index in [0.717, 1.165) is 16.3 Å². The number of carbonyl (C=O) groups is 3. The monoisotopic (exact) mass is 443 g/mol. The van der Waals surface area contributed by atoms with E-state index in [0.29, 0.717) is 5.56 Å². The van der Waals surface area contributed by atoms with Crippen LogP contribution in [0.15, 0.2) is 78.4 Å².